The van der Waals surface area contributed by atoms with Crippen LogP contribution < -0.4 is 10.2 Å². The molecule has 0 aliphatic carbocycles. The summed E-state index contributed by atoms with van der Waals surface area (Å²) in [5, 5.41) is 3.26. The molecule has 2 heterocycles. The number of nitrogens with zero attached hydrogens (tertiary/aromatic N) is 2. The molecular formula is C16H23N3O. The van der Waals surface area contributed by atoms with Crippen LogP contribution in [0.5, 0.6) is 0 Å². The fourth-order valence-corrected chi connectivity index (χ4v) is 3.24. The van der Waals surface area contributed by atoms with Crippen molar-refractivity contribution >= 4 is 11.6 Å². The molecule has 4 heteroatoms. The first-order valence-corrected chi connectivity index (χ1v) is 7.50. The normalized spacial score (nSPS) is 23.9. The van der Waals surface area contributed by atoms with Crippen molar-refractivity contribution in [2.45, 2.75) is 31.8 Å². The van der Waals surface area contributed by atoms with Gasteiger partial charge in [-0.05, 0) is 38.1 Å². The lowest BCUT2D eigenvalue weighted by Gasteiger charge is -2.39. The Balaban J connectivity index is 1.69. The first-order valence-electron chi connectivity index (χ1n) is 7.50. The van der Waals surface area contributed by atoms with Gasteiger partial charge in [-0.3, -0.25) is 4.79 Å². The highest BCUT2D eigenvalue weighted by molar-refractivity contribution is 5.79. The molecule has 108 valence electrons. The molecule has 0 bridgehead atoms. The molecule has 2 atom stereocenters. The minimum absolute atomic E-state index is 0.341. The van der Waals surface area contributed by atoms with E-state index in [4.69, 9.17) is 0 Å². The summed E-state index contributed by atoms with van der Waals surface area (Å²) < 4.78 is 0. The SMILES string of the molecule is CNC(C)c1ccc(N2CCN3C(=O)CCC3C2)cc1. The number of anilines is 1. The van der Waals surface area contributed by atoms with Crippen molar-refractivity contribution in [2.75, 3.05) is 31.6 Å². The van der Waals surface area contributed by atoms with Crippen molar-refractivity contribution in [3.63, 3.8) is 0 Å². The van der Waals surface area contributed by atoms with Crippen molar-refractivity contribution < 1.29 is 4.79 Å². The van der Waals surface area contributed by atoms with Crippen molar-refractivity contribution in [1.82, 2.24) is 10.2 Å². The molecule has 2 aliphatic rings. The average molecular weight is 273 g/mol. The molecule has 0 aromatic heterocycles. The van der Waals surface area contributed by atoms with Crippen molar-refractivity contribution in [3.8, 4) is 0 Å². The van der Waals surface area contributed by atoms with Gasteiger partial charge in [-0.1, -0.05) is 12.1 Å². The topological polar surface area (TPSA) is 35.6 Å². The Morgan fingerprint density at radius 3 is 2.70 bits per heavy atom. The lowest BCUT2D eigenvalue weighted by Crippen LogP contribution is -2.51. The van der Waals surface area contributed by atoms with Gasteiger partial charge in [-0.15, -0.1) is 0 Å². The van der Waals surface area contributed by atoms with Crippen LogP contribution in [0.25, 0.3) is 0 Å². The Labute approximate surface area is 120 Å². The number of carbonyl (C=O) groups is 1. The molecular weight excluding hydrogens is 250 g/mol. The summed E-state index contributed by atoms with van der Waals surface area (Å²) in [4.78, 5) is 16.2. The zero-order valence-electron chi connectivity index (χ0n) is 12.3. The Morgan fingerprint density at radius 2 is 2.00 bits per heavy atom. The molecule has 0 spiro atoms. The maximum absolute atomic E-state index is 11.7. The summed E-state index contributed by atoms with van der Waals surface area (Å²) in [6.45, 7) is 4.96. The van der Waals surface area contributed by atoms with E-state index in [0.29, 0.717) is 18.0 Å². The highest BCUT2D eigenvalue weighted by atomic mass is 16.2. The third-order valence-corrected chi connectivity index (χ3v) is 4.69. The predicted molar refractivity (Wildman–Crippen MR) is 80.9 cm³/mol. The average Bonchev–Trinajstić information content (AvgIpc) is 2.87. The molecule has 1 amide bonds. The number of nitrogens with one attached hydrogen (secondary N) is 1. The van der Waals surface area contributed by atoms with Gasteiger partial charge in [-0.25, -0.2) is 0 Å². The van der Waals surface area contributed by atoms with Crippen LogP contribution in [0.15, 0.2) is 24.3 Å². The molecule has 0 saturated carbocycles. The number of amides is 1. The Bertz CT molecular complexity index is 485. The summed E-state index contributed by atoms with van der Waals surface area (Å²) >= 11 is 0. The van der Waals surface area contributed by atoms with Gasteiger partial charge in [0.15, 0.2) is 0 Å². The molecule has 2 unspecified atom stereocenters. The number of piperazine rings is 1. The Hall–Kier alpha value is -1.55. The summed E-state index contributed by atoms with van der Waals surface area (Å²) in [6.07, 6.45) is 1.75. The van der Waals surface area contributed by atoms with E-state index >= 15 is 0 Å². The molecule has 2 saturated heterocycles. The smallest absolute Gasteiger partial charge is 0.223 e. The minimum atomic E-state index is 0.341. The van der Waals surface area contributed by atoms with E-state index < -0.39 is 0 Å². The third kappa shape index (κ3) is 2.40. The standard InChI is InChI=1S/C16H23N3O/c1-12(17-2)13-3-5-14(6-4-13)18-9-10-19-15(11-18)7-8-16(19)20/h3-6,12,15,17H,7-11H2,1-2H3. The summed E-state index contributed by atoms with van der Waals surface area (Å²) in [5.41, 5.74) is 2.59. The van der Waals surface area contributed by atoms with E-state index in [9.17, 15) is 4.79 Å². The Morgan fingerprint density at radius 1 is 1.25 bits per heavy atom. The van der Waals surface area contributed by atoms with Gasteiger partial charge >= 0.3 is 0 Å². The van der Waals surface area contributed by atoms with E-state index in [1.165, 1.54) is 11.3 Å². The van der Waals surface area contributed by atoms with Crippen LogP contribution >= 0.6 is 0 Å². The van der Waals surface area contributed by atoms with Crippen LogP contribution in [-0.2, 0) is 4.79 Å². The summed E-state index contributed by atoms with van der Waals surface area (Å²) in [7, 11) is 1.98. The van der Waals surface area contributed by atoms with Crippen LogP contribution in [0.2, 0.25) is 0 Å². The molecule has 4 nitrogen and oxygen atoms in total. The van der Waals surface area contributed by atoms with Gasteiger partial charge in [0.25, 0.3) is 0 Å². The zero-order chi connectivity index (χ0) is 14.1. The predicted octanol–water partition coefficient (Wildman–Crippen LogP) is 1.78. The van der Waals surface area contributed by atoms with Crippen LogP contribution in [0.4, 0.5) is 5.69 Å². The number of hydrogen-bond acceptors (Lipinski definition) is 3. The molecule has 2 aliphatic heterocycles. The molecule has 3 rings (SSSR count). The number of hydrogen-bond donors (Lipinski definition) is 1. The number of fused-ring (bicyclic) bond motifs is 1. The molecule has 2 fully saturated rings. The quantitative estimate of drug-likeness (QED) is 0.912. The molecule has 1 N–H and O–H groups in total. The van der Waals surface area contributed by atoms with Crippen molar-refractivity contribution in [1.29, 1.82) is 0 Å². The van der Waals surface area contributed by atoms with E-state index in [-0.39, 0.29) is 0 Å². The molecule has 20 heavy (non-hydrogen) atoms. The Kier molecular flexibility index (Phi) is 3.66. The van der Waals surface area contributed by atoms with Gasteiger partial charge in [-0.2, -0.15) is 0 Å². The second kappa shape index (κ2) is 5.44. The van der Waals surface area contributed by atoms with E-state index in [2.05, 4.69) is 46.3 Å². The fraction of sp³-hybridized carbons (Fsp3) is 0.562. The monoisotopic (exact) mass is 273 g/mol. The lowest BCUT2D eigenvalue weighted by atomic mass is 10.1. The van der Waals surface area contributed by atoms with Gasteiger partial charge in [0.05, 0.1) is 0 Å². The third-order valence-electron chi connectivity index (χ3n) is 4.69. The van der Waals surface area contributed by atoms with E-state index in [0.717, 1.165) is 32.5 Å². The second-order valence-electron chi connectivity index (χ2n) is 5.83. The number of benzene rings is 1. The summed E-state index contributed by atoms with van der Waals surface area (Å²) in [6, 6.07) is 9.61. The van der Waals surface area contributed by atoms with Gasteiger partial charge in [0, 0.05) is 43.8 Å². The van der Waals surface area contributed by atoms with Gasteiger partial charge < -0.3 is 15.1 Å². The zero-order valence-corrected chi connectivity index (χ0v) is 12.3. The lowest BCUT2D eigenvalue weighted by molar-refractivity contribution is -0.129. The minimum Gasteiger partial charge on any atom is -0.368 e. The van der Waals surface area contributed by atoms with Gasteiger partial charge in [0.2, 0.25) is 5.91 Å². The largest absolute Gasteiger partial charge is 0.368 e. The first-order chi connectivity index (χ1) is 9.69. The second-order valence-corrected chi connectivity index (χ2v) is 5.83. The maximum atomic E-state index is 11.7. The van der Waals surface area contributed by atoms with Crippen LogP contribution in [-0.4, -0.2) is 43.5 Å². The van der Waals surface area contributed by atoms with Crippen molar-refractivity contribution in [3.05, 3.63) is 29.8 Å². The maximum Gasteiger partial charge on any atom is 0.223 e. The number of carbonyl (C=O) groups excluding carboxylic acids is 1. The highest BCUT2D eigenvalue weighted by Crippen LogP contribution is 2.27. The van der Waals surface area contributed by atoms with Crippen LogP contribution in [0, 0.1) is 0 Å². The van der Waals surface area contributed by atoms with E-state index in [1.54, 1.807) is 0 Å². The van der Waals surface area contributed by atoms with Crippen LogP contribution in [0.1, 0.15) is 31.4 Å². The fourth-order valence-electron chi connectivity index (χ4n) is 3.24. The molecule has 1 aromatic carbocycles. The summed E-state index contributed by atoms with van der Waals surface area (Å²) in [5.74, 6) is 0.341. The highest BCUT2D eigenvalue weighted by Gasteiger charge is 2.35. The van der Waals surface area contributed by atoms with Crippen LogP contribution in [0.3, 0.4) is 0 Å². The van der Waals surface area contributed by atoms with Gasteiger partial charge in [0.1, 0.15) is 0 Å². The number of rotatable bonds is 3. The first kappa shape index (κ1) is 13.4. The van der Waals surface area contributed by atoms with E-state index in [1.807, 2.05) is 7.05 Å². The molecule has 1 aromatic rings. The molecule has 0 radical (unpaired) electrons. The van der Waals surface area contributed by atoms with Crippen molar-refractivity contribution in [2.24, 2.45) is 0 Å².